The molecule has 0 aliphatic heterocycles. The molecule has 0 saturated carbocycles. The number of carboxylic acid groups (broad SMARTS) is 1. The molecular weight excluding hydrogens is 366 g/mol. The van der Waals surface area contributed by atoms with Crippen molar-refractivity contribution >= 4 is 11.7 Å². The Balaban J connectivity index is 1.68. The van der Waals surface area contributed by atoms with Crippen LogP contribution in [0.2, 0.25) is 0 Å². The predicted molar refractivity (Wildman–Crippen MR) is 112 cm³/mol. The Morgan fingerprint density at radius 1 is 0.897 bits per heavy atom. The lowest BCUT2D eigenvalue weighted by Gasteiger charge is -2.10. The van der Waals surface area contributed by atoms with Gasteiger partial charge in [-0.2, -0.15) is 0 Å². The Bertz CT molecular complexity index is 966. The second-order valence-corrected chi connectivity index (χ2v) is 6.52. The standard InChI is InChI=1S/C24H23NO4/c1-28-25-24(20-7-3-2-4-8-20)21-9-5-6-19(16-21)17-29-22-13-10-18(11-14-22)12-15-23(26)27/h2-11,13-14,16H,12,15,17H2,1H3,(H,26,27)/b25-24-. The molecule has 0 atom stereocenters. The van der Waals surface area contributed by atoms with Crippen LogP contribution in [0.3, 0.4) is 0 Å². The van der Waals surface area contributed by atoms with Crippen molar-refractivity contribution in [1.82, 2.24) is 0 Å². The summed E-state index contributed by atoms with van der Waals surface area (Å²) in [6.07, 6.45) is 0.637. The minimum atomic E-state index is -0.794. The highest BCUT2D eigenvalue weighted by atomic mass is 16.6. The molecule has 29 heavy (non-hydrogen) atoms. The van der Waals surface area contributed by atoms with Gasteiger partial charge in [0.05, 0.1) is 0 Å². The highest BCUT2D eigenvalue weighted by Gasteiger charge is 2.09. The third-order valence-corrected chi connectivity index (χ3v) is 4.39. The lowest BCUT2D eigenvalue weighted by Crippen LogP contribution is -2.05. The number of carbonyl (C=O) groups is 1. The van der Waals surface area contributed by atoms with E-state index < -0.39 is 5.97 Å². The molecule has 0 saturated heterocycles. The van der Waals surface area contributed by atoms with Crippen LogP contribution in [0.25, 0.3) is 0 Å². The fraction of sp³-hybridized carbons (Fsp3) is 0.167. The minimum Gasteiger partial charge on any atom is -0.489 e. The number of aryl methyl sites for hydroxylation is 1. The highest BCUT2D eigenvalue weighted by Crippen LogP contribution is 2.17. The number of rotatable bonds is 9. The van der Waals surface area contributed by atoms with Gasteiger partial charge < -0.3 is 14.7 Å². The summed E-state index contributed by atoms with van der Waals surface area (Å²) in [5.74, 6) is -0.0552. The average Bonchev–Trinajstić information content (AvgIpc) is 2.76. The molecule has 0 radical (unpaired) electrons. The Morgan fingerprint density at radius 3 is 2.31 bits per heavy atom. The quantitative estimate of drug-likeness (QED) is 0.426. The van der Waals surface area contributed by atoms with Crippen LogP contribution in [-0.2, 0) is 22.7 Å². The largest absolute Gasteiger partial charge is 0.489 e. The van der Waals surface area contributed by atoms with Gasteiger partial charge in [0.1, 0.15) is 25.2 Å². The fourth-order valence-corrected chi connectivity index (χ4v) is 2.94. The van der Waals surface area contributed by atoms with Crippen molar-refractivity contribution in [2.24, 2.45) is 5.16 Å². The molecule has 1 N–H and O–H groups in total. The molecule has 3 aromatic carbocycles. The van der Waals surface area contributed by atoms with Gasteiger partial charge in [-0.05, 0) is 35.7 Å². The summed E-state index contributed by atoms with van der Waals surface area (Å²) in [6.45, 7) is 0.414. The van der Waals surface area contributed by atoms with Crippen molar-refractivity contribution in [3.63, 3.8) is 0 Å². The molecule has 0 aliphatic rings. The van der Waals surface area contributed by atoms with Crippen molar-refractivity contribution in [2.75, 3.05) is 7.11 Å². The van der Waals surface area contributed by atoms with E-state index in [9.17, 15) is 4.79 Å². The van der Waals surface area contributed by atoms with E-state index >= 15 is 0 Å². The number of benzene rings is 3. The smallest absolute Gasteiger partial charge is 0.303 e. The Kier molecular flexibility index (Phi) is 7.00. The van der Waals surface area contributed by atoms with Crippen LogP contribution in [0.1, 0.15) is 28.7 Å². The minimum absolute atomic E-state index is 0.125. The number of hydrogen-bond donors (Lipinski definition) is 1. The van der Waals surface area contributed by atoms with Crippen LogP contribution >= 0.6 is 0 Å². The van der Waals surface area contributed by atoms with Crippen molar-refractivity contribution in [2.45, 2.75) is 19.4 Å². The Hall–Kier alpha value is -3.60. The molecular formula is C24H23NO4. The van der Waals surface area contributed by atoms with Crippen LogP contribution in [0.5, 0.6) is 5.75 Å². The van der Waals surface area contributed by atoms with Gasteiger partial charge in [-0.15, -0.1) is 0 Å². The van der Waals surface area contributed by atoms with Crippen molar-refractivity contribution in [3.8, 4) is 5.75 Å². The average molecular weight is 389 g/mol. The normalized spacial score (nSPS) is 11.1. The van der Waals surface area contributed by atoms with Gasteiger partial charge in [0.2, 0.25) is 0 Å². The van der Waals surface area contributed by atoms with Gasteiger partial charge in [-0.25, -0.2) is 0 Å². The van der Waals surface area contributed by atoms with E-state index in [0.29, 0.717) is 13.0 Å². The van der Waals surface area contributed by atoms with Crippen LogP contribution in [0.15, 0.2) is 84.0 Å². The van der Waals surface area contributed by atoms with Crippen LogP contribution in [-0.4, -0.2) is 23.9 Å². The molecule has 0 aliphatic carbocycles. The maximum atomic E-state index is 10.7. The molecule has 0 spiro atoms. The molecule has 5 nitrogen and oxygen atoms in total. The summed E-state index contributed by atoms with van der Waals surface area (Å²) in [7, 11) is 1.54. The molecule has 148 valence electrons. The summed E-state index contributed by atoms with van der Waals surface area (Å²) in [5, 5.41) is 13.0. The molecule has 0 bridgehead atoms. The number of carboxylic acids is 1. The lowest BCUT2D eigenvalue weighted by atomic mass is 10.0. The molecule has 0 fully saturated rings. The van der Waals surface area contributed by atoms with E-state index in [0.717, 1.165) is 33.7 Å². The lowest BCUT2D eigenvalue weighted by molar-refractivity contribution is -0.136. The summed E-state index contributed by atoms with van der Waals surface area (Å²) in [5.41, 5.74) is 4.67. The van der Waals surface area contributed by atoms with Crippen LogP contribution < -0.4 is 4.74 Å². The van der Waals surface area contributed by atoms with E-state index in [1.165, 1.54) is 7.11 Å². The third kappa shape index (κ3) is 5.94. The molecule has 0 aromatic heterocycles. The van der Waals surface area contributed by atoms with Crippen LogP contribution in [0, 0.1) is 0 Å². The molecule has 0 amide bonds. The third-order valence-electron chi connectivity index (χ3n) is 4.39. The van der Waals surface area contributed by atoms with Gasteiger partial charge >= 0.3 is 5.97 Å². The van der Waals surface area contributed by atoms with Crippen molar-refractivity contribution in [1.29, 1.82) is 0 Å². The topological polar surface area (TPSA) is 68.1 Å². The maximum absolute atomic E-state index is 10.7. The van der Waals surface area contributed by atoms with Crippen molar-refractivity contribution < 1.29 is 19.5 Å². The summed E-state index contributed by atoms with van der Waals surface area (Å²) < 4.78 is 5.89. The van der Waals surface area contributed by atoms with E-state index in [-0.39, 0.29) is 6.42 Å². The zero-order chi connectivity index (χ0) is 20.5. The fourth-order valence-electron chi connectivity index (χ4n) is 2.94. The number of oxime groups is 1. The van der Waals surface area contributed by atoms with E-state index in [1.807, 2.05) is 78.9 Å². The van der Waals surface area contributed by atoms with Gasteiger partial charge in [0.15, 0.2) is 0 Å². The molecule has 3 rings (SSSR count). The van der Waals surface area contributed by atoms with E-state index in [2.05, 4.69) is 5.16 Å². The van der Waals surface area contributed by atoms with Gasteiger partial charge in [0.25, 0.3) is 0 Å². The van der Waals surface area contributed by atoms with Gasteiger partial charge in [-0.3, -0.25) is 4.79 Å². The zero-order valence-corrected chi connectivity index (χ0v) is 16.2. The first-order valence-electron chi connectivity index (χ1n) is 9.35. The van der Waals surface area contributed by atoms with Crippen LogP contribution in [0.4, 0.5) is 0 Å². The van der Waals surface area contributed by atoms with Crippen molar-refractivity contribution in [3.05, 3.63) is 101 Å². The number of ether oxygens (including phenoxy) is 1. The Labute approximate surface area is 170 Å². The SMILES string of the molecule is CO/N=C(/c1ccccc1)c1cccc(COc2ccc(CCC(=O)O)cc2)c1. The number of aliphatic carboxylic acids is 1. The monoisotopic (exact) mass is 389 g/mol. The first-order valence-corrected chi connectivity index (χ1v) is 9.35. The Morgan fingerprint density at radius 2 is 1.62 bits per heavy atom. The molecule has 0 heterocycles. The number of hydrogen-bond acceptors (Lipinski definition) is 4. The van der Waals surface area contributed by atoms with E-state index in [1.54, 1.807) is 0 Å². The maximum Gasteiger partial charge on any atom is 0.303 e. The number of nitrogens with zero attached hydrogens (tertiary/aromatic N) is 1. The zero-order valence-electron chi connectivity index (χ0n) is 16.2. The summed E-state index contributed by atoms with van der Waals surface area (Å²) >= 11 is 0. The molecule has 0 unspecified atom stereocenters. The summed E-state index contributed by atoms with van der Waals surface area (Å²) in [6, 6.07) is 25.4. The van der Waals surface area contributed by atoms with Gasteiger partial charge in [-0.1, -0.05) is 65.8 Å². The first kappa shape index (κ1) is 20.1. The summed E-state index contributed by atoms with van der Waals surface area (Å²) in [4.78, 5) is 15.7. The second-order valence-electron chi connectivity index (χ2n) is 6.52. The molecule has 3 aromatic rings. The highest BCUT2D eigenvalue weighted by molar-refractivity contribution is 6.12. The first-order chi connectivity index (χ1) is 14.2. The molecule has 5 heteroatoms. The van der Waals surface area contributed by atoms with Gasteiger partial charge in [0, 0.05) is 17.5 Å². The predicted octanol–water partition coefficient (Wildman–Crippen LogP) is 4.68. The second kappa shape index (κ2) is 10.1. The van der Waals surface area contributed by atoms with E-state index in [4.69, 9.17) is 14.7 Å².